The Morgan fingerprint density at radius 2 is 2.39 bits per heavy atom. The molecule has 4 heteroatoms. The molecule has 2 rings (SSSR count). The average Bonchev–Trinajstić information content (AvgIpc) is 2.99. The SMILES string of the molecule is C=Cn1ncc(CN(C)C(C)c2ccco2)c1C. The van der Waals surface area contributed by atoms with Gasteiger partial charge >= 0.3 is 0 Å². The van der Waals surface area contributed by atoms with Crippen LogP contribution in [-0.4, -0.2) is 21.7 Å². The quantitative estimate of drug-likeness (QED) is 0.811. The summed E-state index contributed by atoms with van der Waals surface area (Å²) in [6, 6.07) is 4.16. The van der Waals surface area contributed by atoms with Crippen LogP contribution in [0.4, 0.5) is 0 Å². The Hall–Kier alpha value is -1.81. The maximum atomic E-state index is 5.43. The van der Waals surface area contributed by atoms with Gasteiger partial charge in [-0.15, -0.1) is 0 Å². The van der Waals surface area contributed by atoms with Crippen molar-refractivity contribution in [3.63, 3.8) is 0 Å². The van der Waals surface area contributed by atoms with E-state index in [9.17, 15) is 0 Å². The predicted octanol–water partition coefficient (Wildman–Crippen LogP) is 3.08. The Morgan fingerprint density at radius 3 is 2.94 bits per heavy atom. The summed E-state index contributed by atoms with van der Waals surface area (Å²) in [6.07, 6.45) is 5.32. The van der Waals surface area contributed by atoms with Gasteiger partial charge in [-0.05, 0) is 33.0 Å². The van der Waals surface area contributed by atoms with E-state index in [0.717, 1.165) is 18.0 Å². The van der Waals surface area contributed by atoms with E-state index >= 15 is 0 Å². The normalized spacial score (nSPS) is 12.9. The van der Waals surface area contributed by atoms with Gasteiger partial charge in [0.1, 0.15) is 5.76 Å². The van der Waals surface area contributed by atoms with Crippen LogP contribution < -0.4 is 0 Å². The highest BCUT2D eigenvalue weighted by atomic mass is 16.3. The Labute approximate surface area is 108 Å². The highest BCUT2D eigenvalue weighted by Gasteiger charge is 2.16. The lowest BCUT2D eigenvalue weighted by Gasteiger charge is -2.22. The molecule has 0 radical (unpaired) electrons. The van der Waals surface area contributed by atoms with Gasteiger partial charge in [-0.3, -0.25) is 4.90 Å². The third-order valence-corrected chi connectivity index (χ3v) is 3.36. The summed E-state index contributed by atoms with van der Waals surface area (Å²) >= 11 is 0. The molecule has 2 aromatic heterocycles. The minimum absolute atomic E-state index is 0.242. The number of furan rings is 1. The molecule has 2 aromatic rings. The molecule has 0 fully saturated rings. The molecule has 0 bridgehead atoms. The Morgan fingerprint density at radius 1 is 1.61 bits per heavy atom. The molecule has 0 aliphatic heterocycles. The largest absolute Gasteiger partial charge is 0.468 e. The van der Waals surface area contributed by atoms with Crippen molar-refractivity contribution in [2.24, 2.45) is 0 Å². The van der Waals surface area contributed by atoms with Gasteiger partial charge in [0.25, 0.3) is 0 Å². The molecule has 1 unspecified atom stereocenters. The molecule has 0 N–H and O–H groups in total. The van der Waals surface area contributed by atoms with Crippen LogP contribution in [0.1, 0.15) is 30.0 Å². The van der Waals surface area contributed by atoms with Crippen molar-refractivity contribution in [3.05, 3.63) is 48.2 Å². The maximum Gasteiger partial charge on any atom is 0.120 e. The molecule has 4 nitrogen and oxygen atoms in total. The Kier molecular flexibility index (Phi) is 3.67. The van der Waals surface area contributed by atoms with Gasteiger partial charge in [-0.1, -0.05) is 6.58 Å². The highest BCUT2D eigenvalue weighted by Crippen LogP contribution is 2.21. The van der Waals surface area contributed by atoms with E-state index in [1.165, 1.54) is 5.56 Å². The van der Waals surface area contributed by atoms with Crippen LogP contribution in [0.15, 0.2) is 35.6 Å². The fourth-order valence-corrected chi connectivity index (χ4v) is 1.95. The van der Waals surface area contributed by atoms with Crippen LogP contribution in [-0.2, 0) is 6.54 Å². The molecular formula is C14H19N3O. The minimum atomic E-state index is 0.242. The van der Waals surface area contributed by atoms with E-state index in [1.807, 2.05) is 18.3 Å². The number of hydrogen-bond donors (Lipinski definition) is 0. The Bertz CT molecular complexity index is 513. The smallest absolute Gasteiger partial charge is 0.120 e. The van der Waals surface area contributed by atoms with Gasteiger partial charge < -0.3 is 4.42 Å². The molecule has 0 aromatic carbocycles. The van der Waals surface area contributed by atoms with E-state index in [1.54, 1.807) is 17.1 Å². The van der Waals surface area contributed by atoms with Crippen LogP contribution in [0, 0.1) is 6.92 Å². The Balaban J connectivity index is 2.09. The average molecular weight is 245 g/mol. The van der Waals surface area contributed by atoms with Crippen LogP contribution in [0.2, 0.25) is 0 Å². The van der Waals surface area contributed by atoms with E-state index in [-0.39, 0.29) is 6.04 Å². The van der Waals surface area contributed by atoms with E-state index in [0.29, 0.717) is 0 Å². The van der Waals surface area contributed by atoms with Crippen molar-refractivity contribution < 1.29 is 4.42 Å². The van der Waals surface area contributed by atoms with Crippen molar-refractivity contribution in [2.45, 2.75) is 26.4 Å². The van der Waals surface area contributed by atoms with Crippen LogP contribution in [0.5, 0.6) is 0 Å². The van der Waals surface area contributed by atoms with Crippen LogP contribution >= 0.6 is 0 Å². The number of nitrogens with zero attached hydrogens (tertiary/aromatic N) is 3. The highest BCUT2D eigenvalue weighted by molar-refractivity contribution is 5.26. The fraction of sp³-hybridized carbons (Fsp3) is 0.357. The fourth-order valence-electron chi connectivity index (χ4n) is 1.95. The number of aromatic nitrogens is 2. The monoisotopic (exact) mass is 245 g/mol. The third kappa shape index (κ3) is 2.38. The van der Waals surface area contributed by atoms with Crippen molar-refractivity contribution in [3.8, 4) is 0 Å². The zero-order valence-electron chi connectivity index (χ0n) is 11.1. The molecule has 0 saturated heterocycles. The van der Waals surface area contributed by atoms with Gasteiger partial charge in [0, 0.05) is 24.0 Å². The van der Waals surface area contributed by atoms with E-state index in [2.05, 4.69) is 37.5 Å². The number of rotatable bonds is 5. The van der Waals surface area contributed by atoms with Crippen molar-refractivity contribution in [2.75, 3.05) is 7.05 Å². The lowest BCUT2D eigenvalue weighted by atomic mass is 10.2. The summed E-state index contributed by atoms with van der Waals surface area (Å²) < 4.78 is 7.22. The molecule has 1 atom stereocenters. The van der Waals surface area contributed by atoms with Gasteiger partial charge in [-0.2, -0.15) is 5.10 Å². The summed E-state index contributed by atoms with van der Waals surface area (Å²) in [5.41, 5.74) is 2.33. The number of hydrogen-bond acceptors (Lipinski definition) is 3. The summed E-state index contributed by atoms with van der Waals surface area (Å²) in [6.45, 7) is 8.75. The molecule has 0 amide bonds. The summed E-state index contributed by atoms with van der Waals surface area (Å²) in [4.78, 5) is 2.23. The van der Waals surface area contributed by atoms with Crippen LogP contribution in [0.3, 0.4) is 0 Å². The van der Waals surface area contributed by atoms with Gasteiger partial charge in [0.2, 0.25) is 0 Å². The maximum absolute atomic E-state index is 5.43. The lowest BCUT2D eigenvalue weighted by Crippen LogP contribution is -2.21. The van der Waals surface area contributed by atoms with Crippen molar-refractivity contribution in [1.29, 1.82) is 0 Å². The van der Waals surface area contributed by atoms with Crippen LogP contribution in [0.25, 0.3) is 6.20 Å². The lowest BCUT2D eigenvalue weighted by molar-refractivity contribution is 0.223. The van der Waals surface area contributed by atoms with E-state index < -0.39 is 0 Å². The van der Waals surface area contributed by atoms with E-state index in [4.69, 9.17) is 4.42 Å². The standard InChI is InChI=1S/C14H19N3O/c1-5-17-11(2)13(9-15-17)10-16(4)12(3)14-7-6-8-18-14/h5-9,12H,1,10H2,2-4H3. The molecule has 0 aliphatic rings. The minimum Gasteiger partial charge on any atom is -0.468 e. The zero-order chi connectivity index (χ0) is 13.1. The molecule has 2 heterocycles. The first-order valence-corrected chi connectivity index (χ1v) is 6.02. The van der Waals surface area contributed by atoms with Crippen molar-refractivity contribution in [1.82, 2.24) is 14.7 Å². The summed E-state index contributed by atoms with van der Waals surface area (Å²) in [5.74, 6) is 0.978. The molecule has 96 valence electrons. The first-order chi connectivity index (χ1) is 8.63. The van der Waals surface area contributed by atoms with Crippen molar-refractivity contribution >= 4 is 6.20 Å². The first kappa shape index (κ1) is 12.6. The zero-order valence-corrected chi connectivity index (χ0v) is 11.1. The third-order valence-electron chi connectivity index (χ3n) is 3.36. The second-order valence-electron chi connectivity index (χ2n) is 4.49. The first-order valence-electron chi connectivity index (χ1n) is 6.02. The van der Waals surface area contributed by atoms with Gasteiger partial charge in [-0.25, -0.2) is 4.68 Å². The summed E-state index contributed by atoms with van der Waals surface area (Å²) in [7, 11) is 2.08. The molecule has 0 saturated carbocycles. The summed E-state index contributed by atoms with van der Waals surface area (Å²) in [5, 5.41) is 4.26. The molecule has 18 heavy (non-hydrogen) atoms. The molecule has 0 spiro atoms. The molecule has 0 aliphatic carbocycles. The second kappa shape index (κ2) is 5.23. The van der Waals surface area contributed by atoms with Gasteiger partial charge in [0.05, 0.1) is 18.5 Å². The predicted molar refractivity (Wildman–Crippen MR) is 71.9 cm³/mol. The van der Waals surface area contributed by atoms with Gasteiger partial charge in [0.15, 0.2) is 0 Å². The second-order valence-corrected chi connectivity index (χ2v) is 4.49. The molecular weight excluding hydrogens is 226 g/mol. The topological polar surface area (TPSA) is 34.2 Å².